The number of carbonyl (C=O) groups is 1. The van der Waals surface area contributed by atoms with Crippen LogP contribution in [0, 0.1) is 0 Å². The highest BCUT2D eigenvalue weighted by Crippen LogP contribution is 2.42. The van der Waals surface area contributed by atoms with E-state index in [4.69, 9.17) is 14.0 Å². The highest BCUT2D eigenvalue weighted by atomic mass is 31.2. The first-order valence-corrected chi connectivity index (χ1v) is 16.4. The molecule has 0 saturated carbocycles. The number of ether oxygens (including phenoxy) is 2. The second-order valence-corrected chi connectivity index (χ2v) is 12.4. The summed E-state index contributed by atoms with van der Waals surface area (Å²) in [5.41, 5.74) is 0. The maximum Gasteiger partial charge on any atom is 0.328 e. The molecule has 8 heteroatoms. The molecule has 0 aliphatic rings. The molecule has 2 unspecified atom stereocenters. The summed E-state index contributed by atoms with van der Waals surface area (Å²) in [7, 11) is 0.248. The van der Waals surface area contributed by atoms with Crippen LogP contribution in [0.2, 0.25) is 0 Å². The van der Waals surface area contributed by atoms with Gasteiger partial charge in [0.2, 0.25) is 0 Å². The van der Waals surface area contributed by atoms with Crippen LogP contribution in [0.4, 0.5) is 0 Å². The van der Waals surface area contributed by atoms with Crippen molar-refractivity contribution in [2.24, 2.45) is 0 Å². The maximum absolute atomic E-state index is 12.2. The van der Waals surface area contributed by atoms with E-state index in [1.165, 1.54) is 90.4 Å². The molecule has 1 N–H and O–H groups in total. The van der Waals surface area contributed by atoms with E-state index in [-0.39, 0.29) is 19.4 Å². The molecule has 0 aliphatic carbocycles. The van der Waals surface area contributed by atoms with Crippen LogP contribution in [0.25, 0.3) is 0 Å². The minimum Gasteiger partial charge on any atom is -0.458 e. The van der Waals surface area contributed by atoms with Gasteiger partial charge < -0.3 is 23.8 Å². The van der Waals surface area contributed by atoms with Gasteiger partial charge in [0.05, 0.1) is 19.4 Å². The molecule has 0 radical (unpaired) electrons. The van der Waals surface area contributed by atoms with E-state index in [9.17, 15) is 14.3 Å². The lowest BCUT2D eigenvalue weighted by molar-refractivity contribution is -0.151. The van der Waals surface area contributed by atoms with E-state index in [2.05, 4.69) is 6.92 Å². The number of nitrogens with zero attached hydrogens (tertiary/aromatic N) is 1. The van der Waals surface area contributed by atoms with Gasteiger partial charge in [0, 0.05) is 13.5 Å². The Morgan fingerprint density at radius 2 is 1.28 bits per heavy atom. The molecule has 0 amide bonds. The molecule has 216 valence electrons. The molecule has 0 aliphatic heterocycles. The zero-order valence-corrected chi connectivity index (χ0v) is 24.9. The summed E-state index contributed by atoms with van der Waals surface area (Å²) in [6.07, 6.45) is 20.7. The van der Waals surface area contributed by atoms with Gasteiger partial charge in [-0.1, -0.05) is 96.8 Å². The summed E-state index contributed by atoms with van der Waals surface area (Å²) < 4.78 is 28.3. The lowest BCUT2D eigenvalue weighted by Crippen LogP contribution is -2.27. The van der Waals surface area contributed by atoms with Crippen molar-refractivity contribution in [3.63, 3.8) is 0 Å². The number of unbranched alkanes of at least 4 members (excludes halogenated alkanes) is 15. The van der Waals surface area contributed by atoms with Gasteiger partial charge in [-0.05, 0) is 39.9 Å². The van der Waals surface area contributed by atoms with Gasteiger partial charge in [-0.25, -0.2) is 0 Å². The normalized spacial score (nSPS) is 14.2. The summed E-state index contributed by atoms with van der Waals surface area (Å²) in [6, 6.07) is 0. The van der Waals surface area contributed by atoms with Gasteiger partial charge >= 0.3 is 13.6 Å². The Morgan fingerprint density at radius 3 is 1.75 bits per heavy atom. The Balaban J connectivity index is 3.71. The van der Waals surface area contributed by atoms with E-state index >= 15 is 0 Å². The number of carbonyl (C=O) groups excluding carboxylic acids is 1. The number of hydrogen-bond acceptors (Lipinski definition) is 6. The standard InChI is InChI=1S/C28H58NO6P/c1-5-6-7-8-9-10-11-12-13-14-15-16-17-18-20-23-33-25-28(35-27(2)30)26-34-36(31,32)24-21-19-22-29(3)4/h28H,5-26H2,1-4H3,(H,31,32). The van der Waals surface area contributed by atoms with Gasteiger partial charge in [-0.2, -0.15) is 0 Å². The van der Waals surface area contributed by atoms with E-state index in [1.54, 1.807) is 0 Å². The van der Waals surface area contributed by atoms with Gasteiger partial charge in [-0.3, -0.25) is 9.36 Å². The van der Waals surface area contributed by atoms with Gasteiger partial charge in [0.15, 0.2) is 0 Å². The highest BCUT2D eigenvalue weighted by molar-refractivity contribution is 7.52. The van der Waals surface area contributed by atoms with E-state index < -0.39 is 19.7 Å². The van der Waals surface area contributed by atoms with Crippen LogP contribution in [-0.2, 0) is 23.4 Å². The van der Waals surface area contributed by atoms with Crippen molar-refractivity contribution >= 4 is 13.6 Å². The quantitative estimate of drug-likeness (QED) is 0.0668. The summed E-state index contributed by atoms with van der Waals surface area (Å²) in [5.74, 6) is -0.446. The van der Waals surface area contributed by atoms with Gasteiger partial charge in [0.1, 0.15) is 6.10 Å². The first kappa shape index (κ1) is 35.5. The fraction of sp³-hybridized carbons (Fsp3) is 0.964. The molecule has 0 heterocycles. The summed E-state index contributed by atoms with van der Waals surface area (Å²) in [5, 5.41) is 0. The van der Waals surface area contributed by atoms with Crippen LogP contribution in [0.5, 0.6) is 0 Å². The smallest absolute Gasteiger partial charge is 0.328 e. The Kier molecular flexibility index (Phi) is 24.5. The van der Waals surface area contributed by atoms with E-state index in [0.29, 0.717) is 13.0 Å². The first-order chi connectivity index (χ1) is 17.3. The lowest BCUT2D eigenvalue weighted by Gasteiger charge is -2.19. The molecular formula is C28H58NO6P. The molecule has 0 aromatic carbocycles. The average Bonchev–Trinajstić information content (AvgIpc) is 2.81. The van der Waals surface area contributed by atoms with E-state index in [1.807, 2.05) is 19.0 Å². The SMILES string of the molecule is CCCCCCCCCCCCCCCCCOCC(COP(=O)(O)CCCCN(C)C)OC(C)=O. The minimum absolute atomic E-state index is 0.105. The first-order valence-electron chi connectivity index (χ1n) is 14.6. The van der Waals surface area contributed by atoms with Crippen LogP contribution >= 0.6 is 7.60 Å². The predicted octanol–water partition coefficient (Wildman–Crippen LogP) is 7.35. The van der Waals surface area contributed by atoms with Crippen molar-refractivity contribution in [1.82, 2.24) is 4.90 Å². The summed E-state index contributed by atoms with van der Waals surface area (Å²) in [6.45, 7) is 5.10. The van der Waals surface area contributed by atoms with Crippen LogP contribution in [0.15, 0.2) is 0 Å². The zero-order valence-electron chi connectivity index (χ0n) is 24.0. The molecule has 0 aromatic rings. The fourth-order valence-electron chi connectivity index (χ4n) is 4.14. The van der Waals surface area contributed by atoms with Crippen molar-refractivity contribution in [3.05, 3.63) is 0 Å². The second-order valence-electron chi connectivity index (χ2n) is 10.4. The van der Waals surface area contributed by atoms with Crippen LogP contribution in [-0.4, -0.2) is 68.5 Å². The third-order valence-electron chi connectivity index (χ3n) is 6.29. The highest BCUT2D eigenvalue weighted by Gasteiger charge is 2.23. The van der Waals surface area contributed by atoms with Crippen molar-refractivity contribution < 1.29 is 28.3 Å². The van der Waals surface area contributed by atoms with Crippen LogP contribution in [0.3, 0.4) is 0 Å². The monoisotopic (exact) mass is 535 g/mol. The number of rotatable bonds is 27. The predicted molar refractivity (Wildman–Crippen MR) is 150 cm³/mol. The minimum atomic E-state index is -3.69. The Morgan fingerprint density at radius 1 is 0.778 bits per heavy atom. The van der Waals surface area contributed by atoms with Gasteiger partial charge in [-0.15, -0.1) is 0 Å². The Labute approximate surface area is 222 Å². The zero-order chi connectivity index (χ0) is 26.9. The topological polar surface area (TPSA) is 85.3 Å². The van der Waals surface area contributed by atoms with Crippen molar-refractivity contribution in [2.75, 3.05) is 46.6 Å². The maximum atomic E-state index is 12.2. The second kappa shape index (κ2) is 24.9. The molecule has 0 rings (SSSR count). The molecule has 0 bridgehead atoms. The van der Waals surface area contributed by atoms with Gasteiger partial charge in [0.25, 0.3) is 0 Å². The Bertz CT molecular complexity index is 546. The molecule has 7 nitrogen and oxygen atoms in total. The molecule has 0 aromatic heterocycles. The molecule has 0 saturated heterocycles. The van der Waals surface area contributed by atoms with Crippen molar-refractivity contribution in [1.29, 1.82) is 0 Å². The summed E-state index contributed by atoms with van der Waals surface area (Å²) in [4.78, 5) is 23.4. The number of esters is 1. The molecule has 36 heavy (non-hydrogen) atoms. The van der Waals surface area contributed by atoms with Crippen molar-refractivity contribution in [2.45, 2.75) is 129 Å². The summed E-state index contributed by atoms with van der Waals surface area (Å²) >= 11 is 0. The lowest BCUT2D eigenvalue weighted by atomic mass is 10.0. The third kappa shape index (κ3) is 26.6. The molecular weight excluding hydrogens is 477 g/mol. The van der Waals surface area contributed by atoms with E-state index in [0.717, 1.165) is 25.8 Å². The third-order valence-corrected chi connectivity index (χ3v) is 7.72. The number of hydrogen-bond donors (Lipinski definition) is 1. The van der Waals surface area contributed by atoms with Crippen molar-refractivity contribution in [3.8, 4) is 0 Å². The molecule has 0 fully saturated rings. The largest absolute Gasteiger partial charge is 0.458 e. The molecule has 0 spiro atoms. The average molecular weight is 536 g/mol. The van der Waals surface area contributed by atoms with Crippen LogP contribution in [0.1, 0.15) is 123 Å². The molecule has 2 atom stereocenters. The Hall–Kier alpha value is -0.460. The fourth-order valence-corrected chi connectivity index (χ4v) is 5.30. The van der Waals surface area contributed by atoms with Crippen LogP contribution < -0.4 is 0 Å².